The molecule has 2 aromatic carbocycles. The second-order valence-corrected chi connectivity index (χ2v) is 8.42. The van der Waals surface area contributed by atoms with E-state index < -0.39 is 0 Å². The number of hydrogen-bond donors (Lipinski definition) is 0. The Bertz CT molecular complexity index is 1380. The van der Waals surface area contributed by atoms with Crippen molar-refractivity contribution in [3.63, 3.8) is 0 Å². The smallest absolute Gasteiger partial charge is 0.267 e. The number of aryl methyl sites for hydroxylation is 1. The van der Waals surface area contributed by atoms with Gasteiger partial charge in [-0.3, -0.25) is 14.1 Å². The maximum Gasteiger partial charge on any atom is 0.267 e. The zero-order valence-electron chi connectivity index (χ0n) is 17.7. The largest absolute Gasteiger partial charge is 0.381 e. The monoisotopic (exact) mass is 435 g/mol. The summed E-state index contributed by atoms with van der Waals surface area (Å²) in [6, 6.07) is 15.4. The SMILES string of the molecule is COC1CCN(Cn2nc3n(-c4ccccc4C)c(=O)c4ccccc4n3c2=S)CC1. The molecule has 4 aromatic rings. The summed E-state index contributed by atoms with van der Waals surface area (Å²) in [5, 5.41) is 5.46. The zero-order valence-corrected chi connectivity index (χ0v) is 18.5. The molecule has 0 spiro atoms. The van der Waals surface area contributed by atoms with Crippen molar-refractivity contribution in [2.45, 2.75) is 32.5 Å². The summed E-state index contributed by atoms with van der Waals surface area (Å²) in [6.45, 7) is 4.45. The van der Waals surface area contributed by atoms with E-state index >= 15 is 0 Å². The second-order valence-electron chi connectivity index (χ2n) is 8.06. The van der Waals surface area contributed by atoms with Crippen LogP contribution in [0, 0.1) is 11.7 Å². The summed E-state index contributed by atoms with van der Waals surface area (Å²) in [5.74, 6) is 0.537. The molecule has 8 heteroatoms. The van der Waals surface area contributed by atoms with Gasteiger partial charge in [-0.1, -0.05) is 30.3 Å². The van der Waals surface area contributed by atoms with Crippen LogP contribution in [0.1, 0.15) is 18.4 Å². The fourth-order valence-electron chi connectivity index (χ4n) is 4.41. The number of rotatable bonds is 4. The van der Waals surface area contributed by atoms with Crippen molar-refractivity contribution in [1.82, 2.24) is 23.6 Å². The Morgan fingerprint density at radius 1 is 1.10 bits per heavy atom. The lowest BCUT2D eigenvalue weighted by Crippen LogP contribution is -2.38. The number of fused-ring (bicyclic) bond motifs is 3. The maximum absolute atomic E-state index is 13.5. The third-order valence-electron chi connectivity index (χ3n) is 6.16. The third kappa shape index (κ3) is 3.40. The minimum absolute atomic E-state index is 0.0922. The predicted octanol–water partition coefficient (Wildman–Crippen LogP) is 3.55. The van der Waals surface area contributed by atoms with Crippen molar-refractivity contribution in [2.24, 2.45) is 0 Å². The van der Waals surface area contributed by atoms with Gasteiger partial charge in [0.25, 0.3) is 5.56 Å². The maximum atomic E-state index is 13.5. The van der Waals surface area contributed by atoms with Crippen molar-refractivity contribution in [1.29, 1.82) is 0 Å². The molecule has 0 amide bonds. The normalized spacial score (nSPS) is 15.8. The molecule has 0 aliphatic carbocycles. The Labute approximate surface area is 185 Å². The van der Waals surface area contributed by atoms with E-state index in [1.54, 1.807) is 11.7 Å². The number of aromatic nitrogens is 4. The van der Waals surface area contributed by atoms with E-state index in [1.165, 1.54) is 0 Å². The number of benzene rings is 2. The lowest BCUT2D eigenvalue weighted by molar-refractivity contribution is 0.0302. The highest BCUT2D eigenvalue weighted by molar-refractivity contribution is 7.71. The standard InChI is InChI=1S/C23H25N5O2S/c1-16-7-3-5-9-19(16)27-21(29)18-8-4-6-10-20(18)28-22(27)24-26(23(28)31)15-25-13-11-17(30-2)12-14-25/h3-10,17H,11-15H2,1-2H3. The second kappa shape index (κ2) is 8.03. The average molecular weight is 436 g/mol. The molecular formula is C23H25N5O2S. The predicted molar refractivity (Wildman–Crippen MR) is 123 cm³/mol. The van der Waals surface area contributed by atoms with Crippen LogP contribution in [0.3, 0.4) is 0 Å². The molecule has 5 rings (SSSR count). The first-order valence-electron chi connectivity index (χ1n) is 10.5. The van der Waals surface area contributed by atoms with Gasteiger partial charge in [-0.25, -0.2) is 9.25 Å². The summed E-state index contributed by atoms with van der Waals surface area (Å²) in [7, 11) is 1.77. The van der Waals surface area contributed by atoms with Gasteiger partial charge in [0.05, 0.1) is 29.4 Å². The summed E-state index contributed by atoms with van der Waals surface area (Å²) in [6.07, 6.45) is 2.31. The van der Waals surface area contributed by atoms with Gasteiger partial charge in [0.1, 0.15) is 0 Å². The number of nitrogens with zero attached hydrogens (tertiary/aromatic N) is 5. The van der Waals surface area contributed by atoms with Crippen LogP contribution in [0.15, 0.2) is 53.3 Å². The number of likely N-dealkylation sites (tertiary alicyclic amines) is 1. The number of piperidine rings is 1. The fraction of sp³-hybridized carbons (Fsp3) is 0.348. The van der Waals surface area contributed by atoms with Crippen molar-refractivity contribution >= 4 is 28.9 Å². The van der Waals surface area contributed by atoms with Crippen LogP contribution >= 0.6 is 12.2 Å². The molecule has 31 heavy (non-hydrogen) atoms. The van der Waals surface area contributed by atoms with Crippen LogP contribution in [0.25, 0.3) is 22.4 Å². The van der Waals surface area contributed by atoms with Crippen molar-refractivity contribution in [3.8, 4) is 5.69 Å². The molecule has 1 saturated heterocycles. The summed E-state index contributed by atoms with van der Waals surface area (Å²) < 4.78 is 11.5. The minimum atomic E-state index is -0.0922. The van der Waals surface area contributed by atoms with E-state index in [4.69, 9.17) is 22.1 Å². The number of para-hydroxylation sites is 2. The first-order valence-corrected chi connectivity index (χ1v) is 10.9. The molecule has 0 unspecified atom stereocenters. The van der Waals surface area contributed by atoms with Crippen LogP contribution in [0.2, 0.25) is 0 Å². The highest BCUT2D eigenvalue weighted by Crippen LogP contribution is 2.20. The van der Waals surface area contributed by atoms with Crippen LogP contribution in [-0.2, 0) is 11.4 Å². The highest BCUT2D eigenvalue weighted by Gasteiger charge is 2.22. The lowest BCUT2D eigenvalue weighted by Gasteiger charge is -2.30. The highest BCUT2D eigenvalue weighted by atomic mass is 32.1. The van der Waals surface area contributed by atoms with Gasteiger partial charge in [-0.2, -0.15) is 0 Å². The number of methoxy groups -OCH3 is 1. The fourth-order valence-corrected chi connectivity index (χ4v) is 4.69. The Balaban J connectivity index is 1.71. The Morgan fingerprint density at radius 2 is 1.81 bits per heavy atom. The van der Waals surface area contributed by atoms with Gasteiger partial charge >= 0.3 is 0 Å². The first kappa shape index (κ1) is 20.1. The van der Waals surface area contributed by atoms with Gasteiger partial charge in [0.2, 0.25) is 10.5 Å². The van der Waals surface area contributed by atoms with E-state index in [2.05, 4.69) is 4.90 Å². The van der Waals surface area contributed by atoms with Gasteiger partial charge in [-0.05, 0) is 55.7 Å². The Morgan fingerprint density at radius 3 is 2.55 bits per heavy atom. The molecule has 2 aromatic heterocycles. The minimum Gasteiger partial charge on any atom is -0.381 e. The van der Waals surface area contributed by atoms with E-state index in [-0.39, 0.29) is 5.56 Å². The molecule has 0 atom stereocenters. The third-order valence-corrected chi connectivity index (χ3v) is 6.55. The Kier molecular flexibility index (Phi) is 5.21. The van der Waals surface area contributed by atoms with Crippen LogP contribution < -0.4 is 5.56 Å². The van der Waals surface area contributed by atoms with Gasteiger partial charge in [0.15, 0.2) is 0 Å². The average Bonchev–Trinajstić information content (AvgIpc) is 3.11. The van der Waals surface area contributed by atoms with E-state index in [9.17, 15) is 4.79 Å². The molecule has 7 nitrogen and oxygen atoms in total. The van der Waals surface area contributed by atoms with E-state index in [0.717, 1.165) is 42.7 Å². The first-order chi connectivity index (χ1) is 15.1. The molecule has 0 N–H and O–H groups in total. The van der Waals surface area contributed by atoms with Crippen LogP contribution in [0.5, 0.6) is 0 Å². The molecule has 3 heterocycles. The number of ether oxygens (including phenoxy) is 1. The number of hydrogen-bond acceptors (Lipinski definition) is 5. The Hall–Kier alpha value is -2.81. The van der Waals surface area contributed by atoms with Crippen LogP contribution in [-0.4, -0.2) is 50.0 Å². The molecule has 0 bridgehead atoms. The molecule has 1 aliphatic heterocycles. The van der Waals surface area contributed by atoms with Gasteiger partial charge < -0.3 is 4.74 Å². The zero-order chi connectivity index (χ0) is 21.5. The molecule has 1 fully saturated rings. The topological polar surface area (TPSA) is 56.7 Å². The molecule has 1 aliphatic rings. The summed E-state index contributed by atoms with van der Waals surface area (Å²) in [5.41, 5.74) is 2.51. The molecular weight excluding hydrogens is 410 g/mol. The lowest BCUT2D eigenvalue weighted by atomic mass is 10.1. The van der Waals surface area contributed by atoms with Gasteiger partial charge in [0, 0.05) is 20.2 Å². The molecule has 0 saturated carbocycles. The van der Waals surface area contributed by atoms with E-state index in [0.29, 0.717) is 28.7 Å². The molecule has 0 radical (unpaired) electrons. The summed E-state index contributed by atoms with van der Waals surface area (Å²) >= 11 is 5.85. The van der Waals surface area contributed by atoms with Crippen molar-refractivity contribution < 1.29 is 4.74 Å². The van der Waals surface area contributed by atoms with Crippen molar-refractivity contribution in [2.75, 3.05) is 20.2 Å². The molecule has 160 valence electrons. The van der Waals surface area contributed by atoms with Crippen LogP contribution in [0.4, 0.5) is 0 Å². The quantitative estimate of drug-likeness (QED) is 0.459. The van der Waals surface area contributed by atoms with Crippen molar-refractivity contribution in [3.05, 3.63) is 69.2 Å². The van der Waals surface area contributed by atoms with Gasteiger partial charge in [-0.15, -0.1) is 5.10 Å². The van der Waals surface area contributed by atoms with E-state index in [1.807, 2.05) is 64.5 Å². The summed E-state index contributed by atoms with van der Waals surface area (Å²) in [4.78, 5) is 15.8.